The summed E-state index contributed by atoms with van der Waals surface area (Å²) < 4.78 is 13.1. The number of rotatable bonds is 4. The number of nitrogens with one attached hydrogen (secondary N) is 1. The third-order valence-corrected chi connectivity index (χ3v) is 3.31. The number of benzene rings is 1. The molecule has 1 amide bonds. The zero-order valence-electron chi connectivity index (χ0n) is 10.7. The van der Waals surface area contributed by atoms with Crippen molar-refractivity contribution >= 4 is 5.91 Å². The first-order valence-corrected chi connectivity index (χ1v) is 6.47. The molecule has 3 nitrogen and oxygen atoms in total. The van der Waals surface area contributed by atoms with E-state index in [1.54, 1.807) is 11.0 Å². The van der Waals surface area contributed by atoms with Gasteiger partial charge < -0.3 is 10.2 Å². The first-order valence-electron chi connectivity index (χ1n) is 6.47. The Balaban J connectivity index is 2.02. The summed E-state index contributed by atoms with van der Waals surface area (Å²) >= 11 is 0. The van der Waals surface area contributed by atoms with Gasteiger partial charge in [-0.05, 0) is 44.0 Å². The Labute approximate surface area is 107 Å². The fraction of sp³-hybridized carbons (Fsp3) is 0.500. The van der Waals surface area contributed by atoms with Crippen molar-refractivity contribution in [1.29, 1.82) is 0 Å². The molecule has 0 aromatic heterocycles. The van der Waals surface area contributed by atoms with Gasteiger partial charge in [-0.3, -0.25) is 4.79 Å². The molecular formula is C14H19FN2O. The number of likely N-dealkylation sites (N-methyl/N-ethyl adjacent to an activating group) is 1. The van der Waals surface area contributed by atoms with E-state index in [1.807, 2.05) is 13.0 Å². The first-order chi connectivity index (χ1) is 8.70. The second-order valence-electron chi connectivity index (χ2n) is 4.63. The van der Waals surface area contributed by atoms with Crippen molar-refractivity contribution in [2.75, 3.05) is 13.1 Å². The van der Waals surface area contributed by atoms with Crippen LogP contribution in [0.15, 0.2) is 24.3 Å². The molecule has 0 bridgehead atoms. The second-order valence-corrected chi connectivity index (χ2v) is 4.63. The van der Waals surface area contributed by atoms with Gasteiger partial charge in [0.2, 0.25) is 5.91 Å². The number of carbonyl (C=O) groups excluding carboxylic acids is 1. The Morgan fingerprint density at radius 2 is 2.39 bits per heavy atom. The monoisotopic (exact) mass is 250 g/mol. The molecule has 0 radical (unpaired) electrons. The number of nitrogens with zero attached hydrogens (tertiary/aromatic N) is 1. The molecule has 1 aliphatic rings. The lowest BCUT2D eigenvalue weighted by molar-refractivity contribution is -0.133. The van der Waals surface area contributed by atoms with Crippen molar-refractivity contribution in [1.82, 2.24) is 10.2 Å². The van der Waals surface area contributed by atoms with Crippen LogP contribution in [0.25, 0.3) is 0 Å². The van der Waals surface area contributed by atoms with E-state index in [0.717, 1.165) is 24.9 Å². The van der Waals surface area contributed by atoms with Gasteiger partial charge in [0.25, 0.3) is 0 Å². The number of amides is 1. The summed E-state index contributed by atoms with van der Waals surface area (Å²) in [5.41, 5.74) is 0.836. The summed E-state index contributed by atoms with van der Waals surface area (Å²) in [7, 11) is 0. The molecular weight excluding hydrogens is 231 g/mol. The van der Waals surface area contributed by atoms with Crippen LogP contribution in [0.2, 0.25) is 0 Å². The van der Waals surface area contributed by atoms with E-state index < -0.39 is 0 Å². The van der Waals surface area contributed by atoms with Crippen molar-refractivity contribution in [2.24, 2.45) is 0 Å². The summed E-state index contributed by atoms with van der Waals surface area (Å²) in [4.78, 5) is 14.0. The van der Waals surface area contributed by atoms with Crippen molar-refractivity contribution in [3.8, 4) is 0 Å². The standard InChI is InChI=1S/C14H19FN2O/c1-2-17(14(18)13-7-4-8-16-13)10-11-5-3-6-12(15)9-11/h3,5-6,9,13,16H,2,4,7-8,10H2,1H3/t13-/m0/s1. The van der Waals surface area contributed by atoms with Gasteiger partial charge >= 0.3 is 0 Å². The highest BCUT2D eigenvalue weighted by Crippen LogP contribution is 2.12. The Hall–Kier alpha value is -1.42. The minimum atomic E-state index is -0.255. The summed E-state index contributed by atoms with van der Waals surface area (Å²) in [6, 6.07) is 6.37. The lowest BCUT2D eigenvalue weighted by atomic mass is 10.1. The maximum Gasteiger partial charge on any atom is 0.239 e. The SMILES string of the molecule is CCN(Cc1cccc(F)c1)C(=O)[C@@H]1CCCN1. The first kappa shape index (κ1) is 13.0. The van der Waals surface area contributed by atoms with Crippen molar-refractivity contribution in [2.45, 2.75) is 32.4 Å². The van der Waals surface area contributed by atoms with Crippen LogP contribution in [-0.4, -0.2) is 29.9 Å². The molecule has 1 heterocycles. The Morgan fingerprint density at radius 1 is 1.56 bits per heavy atom. The molecule has 1 fully saturated rings. The molecule has 1 atom stereocenters. The largest absolute Gasteiger partial charge is 0.337 e. The number of halogens is 1. The highest BCUT2D eigenvalue weighted by molar-refractivity contribution is 5.82. The van der Waals surface area contributed by atoms with Gasteiger partial charge in [-0.1, -0.05) is 12.1 Å². The van der Waals surface area contributed by atoms with Crippen LogP contribution in [0.1, 0.15) is 25.3 Å². The molecule has 0 saturated carbocycles. The van der Waals surface area contributed by atoms with Crippen molar-refractivity contribution < 1.29 is 9.18 Å². The third kappa shape index (κ3) is 3.07. The second kappa shape index (κ2) is 5.96. The molecule has 18 heavy (non-hydrogen) atoms. The molecule has 4 heteroatoms. The van der Waals surface area contributed by atoms with E-state index in [2.05, 4.69) is 5.32 Å². The predicted octanol–water partition coefficient (Wildman–Crippen LogP) is 1.93. The van der Waals surface area contributed by atoms with E-state index in [9.17, 15) is 9.18 Å². The molecule has 0 aliphatic carbocycles. The van der Waals surface area contributed by atoms with Gasteiger partial charge in [0.1, 0.15) is 5.82 Å². The molecule has 1 N–H and O–H groups in total. The van der Waals surface area contributed by atoms with Crippen LogP contribution in [0.3, 0.4) is 0 Å². The fourth-order valence-electron chi connectivity index (χ4n) is 2.32. The Morgan fingerprint density at radius 3 is 3.00 bits per heavy atom. The normalized spacial score (nSPS) is 18.9. The lowest BCUT2D eigenvalue weighted by Gasteiger charge is -2.24. The van der Waals surface area contributed by atoms with Gasteiger partial charge in [-0.15, -0.1) is 0 Å². The molecule has 98 valence electrons. The molecule has 1 aromatic carbocycles. The fourth-order valence-corrected chi connectivity index (χ4v) is 2.32. The zero-order valence-corrected chi connectivity index (χ0v) is 10.7. The molecule has 2 rings (SSSR count). The van der Waals surface area contributed by atoms with Crippen molar-refractivity contribution in [3.05, 3.63) is 35.6 Å². The van der Waals surface area contributed by atoms with Crippen LogP contribution in [-0.2, 0) is 11.3 Å². The van der Waals surface area contributed by atoms with Crippen LogP contribution in [0, 0.1) is 5.82 Å². The van der Waals surface area contributed by atoms with Crippen LogP contribution < -0.4 is 5.32 Å². The predicted molar refractivity (Wildman–Crippen MR) is 68.5 cm³/mol. The van der Waals surface area contributed by atoms with E-state index in [1.165, 1.54) is 12.1 Å². The topological polar surface area (TPSA) is 32.3 Å². The lowest BCUT2D eigenvalue weighted by Crippen LogP contribution is -2.43. The zero-order chi connectivity index (χ0) is 13.0. The van der Waals surface area contributed by atoms with Crippen molar-refractivity contribution in [3.63, 3.8) is 0 Å². The van der Waals surface area contributed by atoms with Gasteiger partial charge in [0, 0.05) is 13.1 Å². The summed E-state index contributed by atoms with van der Waals surface area (Å²) in [6.07, 6.45) is 1.95. The number of hydrogen-bond donors (Lipinski definition) is 1. The average molecular weight is 250 g/mol. The molecule has 1 saturated heterocycles. The summed E-state index contributed by atoms with van der Waals surface area (Å²) in [5, 5.41) is 3.20. The van der Waals surface area contributed by atoms with Gasteiger partial charge in [0.05, 0.1) is 6.04 Å². The number of carbonyl (C=O) groups is 1. The minimum absolute atomic E-state index is 0.0569. The van der Waals surface area contributed by atoms with Gasteiger partial charge in [0.15, 0.2) is 0 Å². The summed E-state index contributed by atoms with van der Waals surface area (Å²) in [5.74, 6) is -0.130. The smallest absolute Gasteiger partial charge is 0.239 e. The summed E-state index contributed by atoms with van der Waals surface area (Å²) in [6.45, 7) is 3.98. The number of hydrogen-bond acceptors (Lipinski definition) is 2. The maximum absolute atomic E-state index is 13.1. The quantitative estimate of drug-likeness (QED) is 0.885. The molecule has 0 unspecified atom stereocenters. The van der Waals surface area contributed by atoms with Crippen LogP contribution in [0.4, 0.5) is 4.39 Å². The Kier molecular flexibility index (Phi) is 4.31. The maximum atomic E-state index is 13.1. The van der Waals surface area contributed by atoms with E-state index >= 15 is 0 Å². The average Bonchev–Trinajstić information content (AvgIpc) is 2.89. The van der Waals surface area contributed by atoms with Gasteiger partial charge in [-0.25, -0.2) is 4.39 Å². The third-order valence-electron chi connectivity index (χ3n) is 3.31. The highest BCUT2D eigenvalue weighted by Gasteiger charge is 2.25. The Bertz CT molecular complexity index is 416. The van der Waals surface area contributed by atoms with Crippen LogP contribution in [0.5, 0.6) is 0 Å². The van der Waals surface area contributed by atoms with E-state index in [0.29, 0.717) is 13.1 Å². The van der Waals surface area contributed by atoms with Gasteiger partial charge in [-0.2, -0.15) is 0 Å². The molecule has 1 aromatic rings. The highest BCUT2D eigenvalue weighted by atomic mass is 19.1. The van der Waals surface area contributed by atoms with E-state index in [-0.39, 0.29) is 17.8 Å². The molecule has 1 aliphatic heterocycles. The van der Waals surface area contributed by atoms with Crippen LogP contribution >= 0.6 is 0 Å². The molecule has 0 spiro atoms. The minimum Gasteiger partial charge on any atom is -0.337 e. The van der Waals surface area contributed by atoms with E-state index in [4.69, 9.17) is 0 Å².